The molecule has 0 radical (unpaired) electrons. The minimum absolute atomic E-state index is 0.384. The second-order valence-corrected chi connectivity index (χ2v) is 6.66. The van der Waals surface area contributed by atoms with Crippen LogP contribution in [0.5, 0.6) is 17.2 Å². The lowest BCUT2D eigenvalue weighted by Gasteiger charge is -2.14. The van der Waals surface area contributed by atoms with E-state index in [4.69, 9.17) is 14.2 Å². The van der Waals surface area contributed by atoms with E-state index in [0.29, 0.717) is 22.8 Å². The van der Waals surface area contributed by atoms with Gasteiger partial charge in [0.15, 0.2) is 0 Å². The van der Waals surface area contributed by atoms with Crippen LogP contribution in [0.25, 0.3) is 0 Å². The quantitative estimate of drug-likeness (QED) is 0.396. The minimum atomic E-state index is -0.384. The second kappa shape index (κ2) is 9.14. The third-order valence-electron chi connectivity index (χ3n) is 3.90. The minimum Gasteiger partial charge on any atom is -0.497 e. The molecule has 0 saturated heterocycles. The summed E-state index contributed by atoms with van der Waals surface area (Å²) in [6, 6.07) is 22.7. The molecule has 0 spiro atoms. The van der Waals surface area contributed by atoms with Gasteiger partial charge in [-0.3, -0.25) is 0 Å². The Morgan fingerprint density at radius 3 is 2.26 bits per heavy atom. The van der Waals surface area contributed by atoms with E-state index < -0.39 is 0 Å². The van der Waals surface area contributed by atoms with Crippen LogP contribution in [0.3, 0.4) is 0 Å². The molecular formula is C22H20O4S. The molecule has 0 aliphatic carbocycles. The van der Waals surface area contributed by atoms with E-state index in [1.54, 1.807) is 19.2 Å². The van der Waals surface area contributed by atoms with Crippen molar-refractivity contribution in [1.82, 2.24) is 0 Å². The molecule has 0 aliphatic heterocycles. The van der Waals surface area contributed by atoms with Crippen molar-refractivity contribution in [3.63, 3.8) is 0 Å². The number of ether oxygens (including phenoxy) is 3. The number of hydrogen-bond donors (Lipinski definition) is 0. The molecule has 3 rings (SSSR count). The summed E-state index contributed by atoms with van der Waals surface area (Å²) in [5.41, 5.74) is 1.61. The summed E-state index contributed by atoms with van der Waals surface area (Å²) in [6.07, 6.45) is 0. The van der Waals surface area contributed by atoms with Crippen LogP contribution in [0.1, 0.15) is 15.9 Å². The van der Waals surface area contributed by atoms with Crippen molar-refractivity contribution >= 4 is 17.7 Å². The molecule has 0 N–H and O–H groups in total. The molecule has 3 aromatic rings. The van der Waals surface area contributed by atoms with Crippen LogP contribution in [0.4, 0.5) is 0 Å². The lowest BCUT2D eigenvalue weighted by atomic mass is 10.2. The van der Waals surface area contributed by atoms with E-state index >= 15 is 0 Å². The van der Waals surface area contributed by atoms with Gasteiger partial charge < -0.3 is 14.2 Å². The number of thioether (sulfide) groups is 1. The predicted octanol–water partition coefficient (Wildman–Crippen LogP) is 5.57. The molecule has 0 bridgehead atoms. The van der Waals surface area contributed by atoms with Crippen LogP contribution >= 0.6 is 11.8 Å². The molecule has 0 aromatic heterocycles. The summed E-state index contributed by atoms with van der Waals surface area (Å²) in [5, 5.41) is 0. The summed E-state index contributed by atoms with van der Waals surface area (Å²) >= 11 is 1.54. The number of rotatable bonds is 7. The van der Waals surface area contributed by atoms with Crippen molar-refractivity contribution in [1.29, 1.82) is 0 Å². The number of carbonyl (C=O) groups excluding carboxylic acids is 1. The SMILES string of the molecule is COC(=O)c1cccc(Oc2ccccc2)c1SCc1ccc(OC)cc1. The summed E-state index contributed by atoms with van der Waals surface area (Å²) < 4.78 is 16.2. The van der Waals surface area contributed by atoms with Gasteiger partial charge in [-0.2, -0.15) is 0 Å². The highest BCUT2D eigenvalue weighted by Gasteiger charge is 2.17. The smallest absolute Gasteiger partial charge is 0.339 e. The third-order valence-corrected chi connectivity index (χ3v) is 5.08. The molecule has 0 unspecified atom stereocenters. The molecular weight excluding hydrogens is 360 g/mol. The Balaban J connectivity index is 1.88. The van der Waals surface area contributed by atoms with Crippen LogP contribution in [-0.4, -0.2) is 20.2 Å². The van der Waals surface area contributed by atoms with Crippen molar-refractivity contribution in [2.45, 2.75) is 10.6 Å². The van der Waals surface area contributed by atoms with E-state index in [1.807, 2.05) is 60.7 Å². The summed E-state index contributed by atoms with van der Waals surface area (Å²) in [6.45, 7) is 0. The van der Waals surface area contributed by atoms with Gasteiger partial charge in [-0.05, 0) is 42.0 Å². The van der Waals surface area contributed by atoms with Crippen molar-refractivity contribution in [2.75, 3.05) is 14.2 Å². The lowest BCUT2D eigenvalue weighted by molar-refractivity contribution is 0.0596. The van der Waals surface area contributed by atoms with Gasteiger partial charge in [0.2, 0.25) is 0 Å². The van der Waals surface area contributed by atoms with Crippen LogP contribution in [0.15, 0.2) is 77.7 Å². The monoisotopic (exact) mass is 380 g/mol. The first kappa shape index (κ1) is 18.9. The number of hydrogen-bond acceptors (Lipinski definition) is 5. The number of benzene rings is 3. The summed E-state index contributed by atoms with van der Waals surface area (Å²) in [7, 11) is 3.02. The third kappa shape index (κ3) is 4.83. The van der Waals surface area contributed by atoms with Crippen molar-refractivity contribution < 1.29 is 19.0 Å². The van der Waals surface area contributed by atoms with Gasteiger partial charge in [-0.25, -0.2) is 4.79 Å². The maximum absolute atomic E-state index is 12.2. The van der Waals surface area contributed by atoms with Crippen LogP contribution < -0.4 is 9.47 Å². The Bertz CT molecular complexity index is 892. The first-order chi connectivity index (χ1) is 13.2. The Morgan fingerprint density at radius 2 is 1.59 bits per heavy atom. The predicted molar refractivity (Wildman–Crippen MR) is 107 cm³/mol. The molecule has 27 heavy (non-hydrogen) atoms. The Hall–Kier alpha value is -2.92. The highest BCUT2D eigenvalue weighted by atomic mass is 32.2. The van der Waals surface area contributed by atoms with E-state index in [-0.39, 0.29) is 5.97 Å². The highest BCUT2D eigenvalue weighted by molar-refractivity contribution is 7.98. The molecule has 0 atom stereocenters. The van der Waals surface area contributed by atoms with Crippen LogP contribution in [-0.2, 0) is 10.5 Å². The normalized spacial score (nSPS) is 10.3. The molecule has 0 fully saturated rings. The zero-order chi connectivity index (χ0) is 19.1. The van der Waals surface area contributed by atoms with Gasteiger partial charge in [0.05, 0.1) is 24.7 Å². The molecule has 0 heterocycles. The maximum atomic E-state index is 12.2. The molecule has 138 valence electrons. The fourth-order valence-electron chi connectivity index (χ4n) is 2.51. The molecule has 0 amide bonds. The first-order valence-corrected chi connectivity index (χ1v) is 9.40. The van der Waals surface area contributed by atoms with Crippen molar-refractivity contribution in [3.8, 4) is 17.2 Å². The zero-order valence-corrected chi connectivity index (χ0v) is 16.0. The standard InChI is InChI=1S/C22H20O4S/c1-24-17-13-11-16(12-14-17)15-27-21-19(22(23)25-2)9-6-10-20(21)26-18-7-4-3-5-8-18/h3-14H,15H2,1-2H3. The topological polar surface area (TPSA) is 44.8 Å². The van der Waals surface area contributed by atoms with Gasteiger partial charge in [0.25, 0.3) is 0 Å². The van der Waals surface area contributed by atoms with E-state index in [1.165, 1.54) is 18.9 Å². The summed E-state index contributed by atoms with van der Waals surface area (Å²) in [5.74, 6) is 2.45. The van der Waals surface area contributed by atoms with E-state index in [9.17, 15) is 4.79 Å². The van der Waals surface area contributed by atoms with Gasteiger partial charge in [0.1, 0.15) is 17.2 Å². The van der Waals surface area contributed by atoms with Crippen molar-refractivity contribution in [2.24, 2.45) is 0 Å². The average Bonchev–Trinajstić information content (AvgIpc) is 2.73. The molecule has 0 saturated carbocycles. The molecule has 0 aliphatic rings. The van der Waals surface area contributed by atoms with E-state index in [0.717, 1.165) is 16.2 Å². The summed E-state index contributed by atoms with van der Waals surface area (Å²) in [4.78, 5) is 13.0. The molecule has 5 heteroatoms. The lowest BCUT2D eigenvalue weighted by Crippen LogP contribution is -2.04. The molecule has 4 nitrogen and oxygen atoms in total. The van der Waals surface area contributed by atoms with Gasteiger partial charge in [0, 0.05) is 5.75 Å². The zero-order valence-electron chi connectivity index (χ0n) is 15.2. The number of esters is 1. The highest BCUT2D eigenvalue weighted by Crippen LogP contribution is 2.37. The fourth-order valence-corrected chi connectivity index (χ4v) is 3.57. The maximum Gasteiger partial charge on any atom is 0.339 e. The van der Waals surface area contributed by atoms with Crippen molar-refractivity contribution in [3.05, 3.63) is 83.9 Å². The van der Waals surface area contributed by atoms with Gasteiger partial charge >= 0.3 is 5.97 Å². The fraction of sp³-hybridized carbons (Fsp3) is 0.136. The second-order valence-electron chi connectivity index (χ2n) is 5.68. The number of methoxy groups -OCH3 is 2. The first-order valence-electron chi connectivity index (χ1n) is 8.41. The van der Waals surface area contributed by atoms with Gasteiger partial charge in [-0.1, -0.05) is 36.4 Å². The largest absolute Gasteiger partial charge is 0.497 e. The Kier molecular flexibility index (Phi) is 6.39. The number of carbonyl (C=O) groups is 1. The van der Waals surface area contributed by atoms with Crippen LogP contribution in [0.2, 0.25) is 0 Å². The van der Waals surface area contributed by atoms with E-state index in [2.05, 4.69) is 0 Å². The van der Waals surface area contributed by atoms with Gasteiger partial charge in [-0.15, -0.1) is 11.8 Å². The average molecular weight is 380 g/mol. The molecule has 3 aromatic carbocycles. The number of para-hydroxylation sites is 1. The van der Waals surface area contributed by atoms with Crippen LogP contribution in [0, 0.1) is 0 Å². The Labute approximate surface area is 163 Å². The Morgan fingerprint density at radius 1 is 0.852 bits per heavy atom.